The van der Waals surface area contributed by atoms with Gasteiger partial charge < -0.3 is 10.2 Å². The summed E-state index contributed by atoms with van der Waals surface area (Å²) in [7, 11) is 1.11. The molecular formula is C5H8N2O5. The van der Waals surface area contributed by atoms with Gasteiger partial charge in [-0.25, -0.2) is 9.80 Å². The summed E-state index contributed by atoms with van der Waals surface area (Å²) < 4.78 is 0. The molecule has 1 atom stereocenters. The maximum Gasteiger partial charge on any atom is 0.328 e. The molecule has 68 valence electrons. The molecular weight excluding hydrogens is 168 g/mol. The predicted molar refractivity (Wildman–Crippen MR) is 37.2 cm³/mol. The fourth-order valence-corrected chi connectivity index (χ4v) is 0.602. The number of carboxylic acid groups (broad SMARTS) is 2. The number of carboxylic acids is 2. The first-order valence-electron chi connectivity index (χ1n) is 2.99. The van der Waals surface area contributed by atoms with Crippen molar-refractivity contribution in [2.24, 2.45) is 5.29 Å². The summed E-state index contributed by atoms with van der Waals surface area (Å²) in [6.45, 7) is 0. The van der Waals surface area contributed by atoms with Crippen LogP contribution < -0.4 is 0 Å². The number of hydrogen-bond acceptors (Lipinski definition) is 4. The van der Waals surface area contributed by atoms with Crippen LogP contribution in [0.15, 0.2) is 5.29 Å². The summed E-state index contributed by atoms with van der Waals surface area (Å²) in [5.41, 5.74) is 0. The van der Waals surface area contributed by atoms with Crippen molar-refractivity contribution < 1.29 is 19.8 Å². The highest BCUT2D eigenvalue weighted by Gasteiger charge is 2.25. The van der Waals surface area contributed by atoms with E-state index < -0.39 is 24.4 Å². The fraction of sp³-hybridized carbons (Fsp3) is 0.600. The van der Waals surface area contributed by atoms with E-state index in [1.165, 1.54) is 0 Å². The van der Waals surface area contributed by atoms with Gasteiger partial charge in [0.2, 0.25) is 0 Å². The Morgan fingerprint density at radius 2 is 2.00 bits per heavy atom. The smallest absolute Gasteiger partial charge is 0.328 e. The van der Waals surface area contributed by atoms with Crippen LogP contribution in [0, 0.1) is 4.91 Å². The molecule has 7 nitrogen and oxygen atoms in total. The molecule has 0 spiro atoms. The van der Waals surface area contributed by atoms with Gasteiger partial charge in [0, 0.05) is 7.05 Å². The van der Waals surface area contributed by atoms with Gasteiger partial charge in [-0.05, 0) is 0 Å². The number of nitrogens with zero attached hydrogens (tertiary/aromatic N) is 2. The highest BCUT2D eigenvalue weighted by molar-refractivity contribution is 5.80. The van der Waals surface area contributed by atoms with Gasteiger partial charge in [0.05, 0.1) is 11.7 Å². The molecule has 12 heavy (non-hydrogen) atoms. The van der Waals surface area contributed by atoms with E-state index in [0.717, 1.165) is 7.05 Å². The Hall–Kier alpha value is -1.66. The molecule has 0 radical (unpaired) electrons. The zero-order chi connectivity index (χ0) is 9.72. The van der Waals surface area contributed by atoms with Gasteiger partial charge in [-0.1, -0.05) is 0 Å². The Labute approximate surface area is 67.5 Å². The van der Waals surface area contributed by atoms with Crippen molar-refractivity contribution in [3.05, 3.63) is 4.91 Å². The summed E-state index contributed by atoms with van der Waals surface area (Å²) in [6, 6.07) is -1.40. The first kappa shape index (κ1) is 10.3. The Kier molecular flexibility index (Phi) is 3.68. The summed E-state index contributed by atoms with van der Waals surface area (Å²) in [6.07, 6.45) is -0.655. The summed E-state index contributed by atoms with van der Waals surface area (Å²) in [5.74, 6) is -2.68. The molecule has 0 saturated heterocycles. The van der Waals surface area contributed by atoms with Crippen molar-refractivity contribution in [3.63, 3.8) is 0 Å². The lowest BCUT2D eigenvalue weighted by Crippen LogP contribution is -2.36. The first-order chi connectivity index (χ1) is 5.49. The predicted octanol–water partition coefficient (Wildman–Crippen LogP) is -0.473. The zero-order valence-electron chi connectivity index (χ0n) is 6.30. The van der Waals surface area contributed by atoms with E-state index in [2.05, 4.69) is 5.29 Å². The molecule has 0 saturated carbocycles. The molecule has 0 aliphatic heterocycles. The molecule has 0 aromatic rings. The van der Waals surface area contributed by atoms with E-state index in [1.54, 1.807) is 0 Å². The van der Waals surface area contributed by atoms with E-state index in [4.69, 9.17) is 10.2 Å². The second kappa shape index (κ2) is 4.27. The zero-order valence-corrected chi connectivity index (χ0v) is 6.30. The lowest BCUT2D eigenvalue weighted by Gasteiger charge is -2.15. The third kappa shape index (κ3) is 2.95. The van der Waals surface area contributed by atoms with Crippen LogP contribution in [0.25, 0.3) is 0 Å². The fourth-order valence-electron chi connectivity index (χ4n) is 0.602. The summed E-state index contributed by atoms with van der Waals surface area (Å²) >= 11 is 0. The van der Waals surface area contributed by atoms with Crippen molar-refractivity contribution in [1.29, 1.82) is 0 Å². The number of aliphatic carboxylic acids is 2. The average Bonchev–Trinajstić information content (AvgIpc) is 1.98. The van der Waals surface area contributed by atoms with Gasteiger partial charge in [-0.3, -0.25) is 4.79 Å². The molecule has 0 fully saturated rings. The van der Waals surface area contributed by atoms with E-state index in [9.17, 15) is 14.5 Å². The van der Waals surface area contributed by atoms with Gasteiger partial charge in [-0.2, -0.15) is 0 Å². The first-order valence-corrected chi connectivity index (χ1v) is 2.99. The highest BCUT2D eigenvalue weighted by Crippen LogP contribution is 2.02. The maximum absolute atomic E-state index is 10.3. The molecule has 0 aromatic heterocycles. The average molecular weight is 176 g/mol. The minimum Gasteiger partial charge on any atom is -0.481 e. The lowest BCUT2D eigenvalue weighted by atomic mass is 10.2. The number of likely N-dealkylation sites (N-methyl/N-ethyl adjacent to an activating group) is 1. The topological polar surface area (TPSA) is 107 Å². The molecule has 2 N–H and O–H groups in total. The van der Waals surface area contributed by atoms with Crippen molar-refractivity contribution >= 4 is 11.9 Å². The maximum atomic E-state index is 10.3. The van der Waals surface area contributed by atoms with Gasteiger partial charge in [0.1, 0.15) is 0 Å². The van der Waals surface area contributed by atoms with Gasteiger partial charge in [0.25, 0.3) is 0 Å². The van der Waals surface area contributed by atoms with Gasteiger partial charge in [0.15, 0.2) is 6.04 Å². The summed E-state index contributed by atoms with van der Waals surface area (Å²) in [5, 5.41) is 19.5. The summed E-state index contributed by atoms with van der Waals surface area (Å²) in [4.78, 5) is 30.3. The minimum absolute atomic E-state index is 0.552. The van der Waals surface area contributed by atoms with Crippen LogP contribution in [0.2, 0.25) is 0 Å². The molecule has 0 heterocycles. The van der Waals surface area contributed by atoms with Crippen molar-refractivity contribution in [2.45, 2.75) is 12.5 Å². The molecule has 0 amide bonds. The number of carbonyl (C=O) groups is 2. The second-order valence-electron chi connectivity index (χ2n) is 2.11. The third-order valence-electron chi connectivity index (χ3n) is 1.23. The van der Waals surface area contributed by atoms with Crippen LogP contribution in [-0.4, -0.2) is 40.3 Å². The van der Waals surface area contributed by atoms with E-state index in [-0.39, 0.29) is 0 Å². The van der Waals surface area contributed by atoms with Crippen LogP contribution >= 0.6 is 0 Å². The normalized spacial score (nSPS) is 11.8. The van der Waals surface area contributed by atoms with E-state index in [1.807, 2.05) is 0 Å². The van der Waals surface area contributed by atoms with E-state index in [0.29, 0.717) is 5.01 Å². The van der Waals surface area contributed by atoms with Crippen LogP contribution in [-0.2, 0) is 9.59 Å². The Morgan fingerprint density at radius 1 is 1.50 bits per heavy atom. The molecule has 0 unspecified atom stereocenters. The largest absolute Gasteiger partial charge is 0.481 e. The van der Waals surface area contributed by atoms with Crippen molar-refractivity contribution in [1.82, 2.24) is 5.01 Å². The number of rotatable bonds is 5. The number of hydrogen-bond donors (Lipinski definition) is 2. The van der Waals surface area contributed by atoms with Crippen LogP contribution in [0.1, 0.15) is 6.42 Å². The standard InChI is InChI=1S/C5H8N2O5/c1-7(6-12)3(5(10)11)2-4(8)9/h3H,2H2,1H3,(H,8,9)(H,10,11)/t3-/m0/s1. The third-order valence-corrected chi connectivity index (χ3v) is 1.23. The second-order valence-corrected chi connectivity index (χ2v) is 2.11. The van der Waals surface area contributed by atoms with E-state index >= 15 is 0 Å². The molecule has 0 bridgehead atoms. The van der Waals surface area contributed by atoms with Crippen LogP contribution in [0.3, 0.4) is 0 Å². The molecule has 0 aromatic carbocycles. The van der Waals surface area contributed by atoms with Crippen LogP contribution in [0.5, 0.6) is 0 Å². The quantitative estimate of drug-likeness (QED) is 0.433. The Bertz CT molecular complexity index is 204. The molecule has 7 heteroatoms. The Morgan fingerprint density at radius 3 is 2.25 bits per heavy atom. The molecule has 0 aliphatic carbocycles. The lowest BCUT2D eigenvalue weighted by molar-refractivity contribution is -0.149. The van der Waals surface area contributed by atoms with Gasteiger partial charge >= 0.3 is 11.9 Å². The number of nitroso groups, excluding NO2 is 1. The monoisotopic (exact) mass is 176 g/mol. The van der Waals surface area contributed by atoms with Crippen molar-refractivity contribution in [3.8, 4) is 0 Å². The minimum atomic E-state index is -1.40. The SMILES string of the molecule is CN(N=O)[C@@H](CC(=O)O)C(=O)O. The highest BCUT2D eigenvalue weighted by atomic mass is 16.4. The van der Waals surface area contributed by atoms with Crippen molar-refractivity contribution in [2.75, 3.05) is 7.05 Å². The Balaban J connectivity index is 4.32. The van der Waals surface area contributed by atoms with Gasteiger partial charge in [-0.15, -0.1) is 4.91 Å². The molecule has 0 aliphatic rings. The molecule has 0 rings (SSSR count). The van der Waals surface area contributed by atoms with Crippen LogP contribution in [0.4, 0.5) is 0 Å².